The van der Waals surface area contributed by atoms with Crippen LogP contribution in [-0.4, -0.2) is 31.2 Å². The number of rotatable bonds is 3. The molecule has 0 spiro atoms. The maximum atomic E-state index is 12.4. The third kappa shape index (κ3) is 3.10. The summed E-state index contributed by atoms with van der Waals surface area (Å²) in [6, 6.07) is 1.55. The lowest BCUT2D eigenvalue weighted by atomic mass is 9.96. The fourth-order valence-corrected chi connectivity index (χ4v) is 4.74. The molecule has 2 aliphatic carbocycles. The molecule has 0 amide bonds. The highest BCUT2D eigenvalue weighted by Crippen LogP contribution is 2.44. The van der Waals surface area contributed by atoms with Crippen LogP contribution in [0.5, 0.6) is 0 Å². The molecule has 0 aliphatic heterocycles. The van der Waals surface area contributed by atoms with E-state index in [9.17, 15) is 8.42 Å². The molecule has 2 aliphatic rings. The minimum atomic E-state index is -3.56. The molecule has 2 fully saturated rings. The molecule has 5 nitrogen and oxygen atoms in total. The molecule has 0 radical (unpaired) electrons. The summed E-state index contributed by atoms with van der Waals surface area (Å²) in [7, 11) is -3.56. The number of aliphatic hydroxyl groups is 1. The van der Waals surface area contributed by atoms with Gasteiger partial charge < -0.3 is 5.11 Å². The van der Waals surface area contributed by atoms with Crippen LogP contribution in [0.2, 0.25) is 0 Å². The van der Waals surface area contributed by atoms with Gasteiger partial charge in [0.05, 0.1) is 0 Å². The Bertz CT molecular complexity index is 690. The van der Waals surface area contributed by atoms with Crippen LogP contribution in [0.3, 0.4) is 0 Å². The van der Waals surface area contributed by atoms with E-state index in [-0.39, 0.29) is 17.5 Å². The summed E-state index contributed by atoms with van der Waals surface area (Å²) < 4.78 is 27.7. The number of aliphatic hydroxyl groups excluding tert-OH is 1. The molecule has 2 N–H and O–H groups in total. The summed E-state index contributed by atoms with van der Waals surface area (Å²) in [4.78, 5) is 4.06. The van der Waals surface area contributed by atoms with Crippen molar-refractivity contribution >= 4 is 10.0 Å². The zero-order chi connectivity index (χ0) is 14.9. The van der Waals surface area contributed by atoms with E-state index in [0.717, 1.165) is 19.3 Å². The summed E-state index contributed by atoms with van der Waals surface area (Å²) in [5.74, 6) is 6.33. The minimum Gasteiger partial charge on any atom is -0.384 e. The SMILES string of the molecule is O=S(=O)(NC1CC2CCC1C2)c1cncc(C#CCO)c1. The minimum absolute atomic E-state index is 0.0564. The number of hydrogen-bond donors (Lipinski definition) is 2. The lowest BCUT2D eigenvalue weighted by Crippen LogP contribution is -2.38. The Morgan fingerprint density at radius 2 is 2.19 bits per heavy atom. The van der Waals surface area contributed by atoms with Crippen molar-refractivity contribution < 1.29 is 13.5 Å². The average molecular weight is 306 g/mol. The first-order valence-corrected chi connectivity index (χ1v) is 8.64. The van der Waals surface area contributed by atoms with Crippen LogP contribution in [-0.2, 0) is 10.0 Å². The Kier molecular flexibility index (Phi) is 3.98. The van der Waals surface area contributed by atoms with E-state index < -0.39 is 10.0 Å². The van der Waals surface area contributed by atoms with Crippen molar-refractivity contribution in [2.24, 2.45) is 11.8 Å². The second-order valence-electron chi connectivity index (χ2n) is 5.77. The van der Waals surface area contributed by atoms with Crippen LogP contribution in [0.1, 0.15) is 31.2 Å². The number of fused-ring (bicyclic) bond motifs is 2. The van der Waals surface area contributed by atoms with E-state index in [1.807, 2.05) is 0 Å². The molecule has 112 valence electrons. The highest BCUT2D eigenvalue weighted by atomic mass is 32.2. The maximum absolute atomic E-state index is 12.4. The van der Waals surface area contributed by atoms with Gasteiger partial charge >= 0.3 is 0 Å². The van der Waals surface area contributed by atoms with Gasteiger partial charge in [-0.2, -0.15) is 0 Å². The molecular weight excluding hydrogens is 288 g/mol. The molecule has 6 heteroatoms. The Balaban J connectivity index is 1.78. The van der Waals surface area contributed by atoms with Crippen LogP contribution in [0.25, 0.3) is 0 Å². The molecular formula is C15H18N2O3S. The van der Waals surface area contributed by atoms with Gasteiger partial charge in [-0.15, -0.1) is 0 Å². The quantitative estimate of drug-likeness (QED) is 0.813. The van der Waals surface area contributed by atoms with E-state index in [1.165, 1.54) is 24.9 Å². The Morgan fingerprint density at radius 1 is 1.33 bits per heavy atom. The fraction of sp³-hybridized carbons (Fsp3) is 0.533. The number of aromatic nitrogens is 1. The molecule has 2 bridgehead atoms. The lowest BCUT2D eigenvalue weighted by Gasteiger charge is -2.22. The van der Waals surface area contributed by atoms with Crippen molar-refractivity contribution in [3.63, 3.8) is 0 Å². The van der Waals surface area contributed by atoms with Crippen molar-refractivity contribution in [3.8, 4) is 11.8 Å². The predicted molar refractivity (Wildman–Crippen MR) is 77.8 cm³/mol. The van der Waals surface area contributed by atoms with Crippen molar-refractivity contribution in [2.45, 2.75) is 36.6 Å². The maximum Gasteiger partial charge on any atom is 0.242 e. The Labute approximate surface area is 124 Å². The first-order chi connectivity index (χ1) is 10.1. The van der Waals surface area contributed by atoms with Gasteiger partial charge in [0.15, 0.2) is 0 Å². The molecule has 21 heavy (non-hydrogen) atoms. The van der Waals surface area contributed by atoms with E-state index in [2.05, 4.69) is 21.5 Å². The summed E-state index contributed by atoms with van der Waals surface area (Å²) in [5.41, 5.74) is 0.486. The van der Waals surface area contributed by atoms with Gasteiger partial charge in [-0.25, -0.2) is 13.1 Å². The highest BCUT2D eigenvalue weighted by Gasteiger charge is 2.41. The van der Waals surface area contributed by atoms with Gasteiger partial charge in [-0.3, -0.25) is 4.98 Å². The molecule has 0 saturated heterocycles. The molecule has 3 unspecified atom stereocenters. The molecule has 1 heterocycles. The Morgan fingerprint density at radius 3 is 2.86 bits per heavy atom. The second-order valence-corrected chi connectivity index (χ2v) is 7.49. The number of nitrogens with zero attached hydrogens (tertiary/aromatic N) is 1. The fourth-order valence-electron chi connectivity index (χ4n) is 3.43. The van der Waals surface area contributed by atoms with Crippen molar-refractivity contribution in [2.75, 3.05) is 6.61 Å². The smallest absolute Gasteiger partial charge is 0.242 e. The van der Waals surface area contributed by atoms with Crippen LogP contribution in [0.4, 0.5) is 0 Å². The summed E-state index contributed by atoms with van der Waals surface area (Å²) in [5, 5.41) is 8.68. The molecule has 3 atom stereocenters. The first-order valence-electron chi connectivity index (χ1n) is 7.15. The lowest BCUT2D eigenvalue weighted by molar-refractivity contribution is 0.350. The van der Waals surface area contributed by atoms with Crippen LogP contribution >= 0.6 is 0 Å². The monoisotopic (exact) mass is 306 g/mol. The predicted octanol–water partition coefficient (Wildman–Crippen LogP) is 0.892. The molecule has 1 aromatic heterocycles. The Hall–Kier alpha value is -1.42. The van der Waals surface area contributed by atoms with Crippen molar-refractivity contribution in [3.05, 3.63) is 24.0 Å². The summed E-state index contributed by atoms with van der Waals surface area (Å²) >= 11 is 0. The number of sulfonamides is 1. The average Bonchev–Trinajstić information content (AvgIpc) is 3.07. The molecule has 3 rings (SSSR count). The topological polar surface area (TPSA) is 79.3 Å². The summed E-state index contributed by atoms with van der Waals surface area (Å²) in [6.45, 7) is -0.264. The third-order valence-electron chi connectivity index (χ3n) is 4.38. The van der Waals surface area contributed by atoms with Gasteiger partial charge in [0.25, 0.3) is 0 Å². The number of pyridine rings is 1. The zero-order valence-corrected chi connectivity index (χ0v) is 12.4. The van der Waals surface area contributed by atoms with Gasteiger partial charge in [0.1, 0.15) is 11.5 Å². The molecule has 0 aromatic carbocycles. The zero-order valence-electron chi connectivity index (χ0n) is 11.6. The highest BCUT2D eigenvalue weighted by molar-refractivity contribution is 7.89. The number of hydrogen-bond acceptors (Lipinski definition) is 4. The van der Waals surface area contributed by atoms with E-state index >= 15 is 0 Å². The van der Waals surface area contributed by atoms with Crippen molar-refractivity contribution in [1.29, 1.82) is 0 Å². The van der Waals surface area contributed by atoms with Gasteiger partial charge in [0.2, 0.25) is 10.0 Å². The van der Waals surface area contributed by atoms with Crippen LogP contribution in [0.15, 0.2) is 23.4 Å². The first kappa shape index (κ1) is 14.5. The standard InChI is InChI=1S/C15H18N2O3S/c18-5-1-2-12-7-14(10-16-9-12)21(19,20)17-15-8-11-3-4-13(15)6-11/h7,9-11,13,15,17-18H,3-6,8H2. The molecule has 1 aromatic rings. The van der Waals surface area contributed by atoms with E-state index in [1.54, 1.807) is 0 Å². The van der Waals surface area contributed by atoms with Crippen molar-refractivity contribution in [1.82, 2.24) is 9.71 Å². The number of nitrogens with one attached hydrogen (secondary N) is 1. The third-order valence-corrected chi connectivity index (χ3v) is 5.84. The van der Waals surface area contributed by atoms with Gasteiger partial charge in [-0.05, 0) is 37.2 Å². The largest absolute Gasteiger partial charge is 0.384 e. The molecule has 2 saturated carbocycles. The van der Waals surface area contributed by atoms with E-state index in [0.29, 0.717) is 17.4 Å². The van der Waals surface area contributed by atoms with Gasteiger partial charge in [-0.1, -0.05) is 18.3 Å². The second kappa shape index (κ2) is 5.76. The normalized spacial score (nSPS) is 27.4. The van der Waals surface area contributed by atoms with Crippen LogP contribution in [0, 0.1) is 23.7 Å². The van der Waals surface area contributed by atoms with Crippen LogP contribution < -0.4 is 4.72 Å². The van der Waals surface area contributed by atoms with E-state index in [4.69, 9.17) is 5.11 Å². The summed E-state index contributed by atoms with van der Waals surface area (Å²) in [6.07, 6.45) is 7.27. The van der Waals surface area contributed by atoms with Gasteiger partial charge in [0, 0.05) is 24.0 Å².